The molecular formula is C14H13F2NO3. The number of amides is 1. The molecule has 2 aliphatic rings. The third-order valence-electron chi connectivity index (χ3n) is 3.31. The molecular weight excluding hydrogens is 268 g/mol. The van der Waals surface area contributed by atoms with Gasteiger partial charge in [0.25, 0.3) is 0 Å². The molecule has 4 nitrogen and oxygen atoms in total. The second-order valence-electron chi connectivity index (χ2n) is 4.80. The standard InChI is InChI=1S/C14H13F2NO3/c15-14(16)19-11-7-6-10(8-12(11)20-14)17-13(18)9-4-2-1-3-5-9/h1-2,6-9H,3-5H2,(H,17,18)/t9-/m1/s1. The molecule has 1 atom stereocenters. The van der Waals surface area contributed by atoms with Crippen LogP contribution in [0.3, 0.4) is 0 Å². The van der Waals surface area contributed by atoms with E-state index in [1.54, 1.807) is 0 Å². The summed E-state index contributed by atoms with van der Waals surface area (Å²) in [6.45, 7) is 0. The zero-order chi connectivity index (χ0) is 14.2. The molecule has 0 radical (unpaired) electrons. The SMILES string of the molecule is O=C(Nc1ccc2c(c1)OC(F)(F)O2)[C@@H]1CC=CCC1. The third kappa shape index (κ3) is 2.59. The summed E-state index contributed by atoms with van der Waals surface area (Å²) in [6.07, 6.45) is 2.77. The fraction of sp³-hybridized carbons (Fsp3) is 0.357. The summed E-state index contributed by atoms with van der Waals surface area (Å²) in [7, 11) is 0. The Hall–Kier alpha value is -2.11. The lowest BCUT2D eigenvalue weighted by Gasteiger charge is -2.17. The van der Waals surface area contributed by atoms with Gasteiger partial charge >= 0.3 is 6.29 Å². The fourth-order valence-electron chi connectivity index (χ4n) is 2.30. The van der Waals surface area contributed by atoms with E-state index in [-0.39, 0.29) is 23.3 Å². The number of hydrogen-bond acceptors (Lipinski definition) is 3. The van der Waals surface area contributed by atoms with Crippen LogP contribution in [0, 0.1) is 5.92 Å². The number of ether oxygens (including phenoxy) is 2. The minimum Gasteiger partial charge on any atom is -0.395 e. The van der Waals surface area contributed by atoms with Crippen LogP contribution in [0.5, 0.6) is 11.5 Å². The molecule has 1 N–H and O–H groups in total. The number of alkyl halides is 2. The van der Waals surface area contributed by atoms with Gasteiger partial charge in [-0.05, 0) is 31.4 Å². The topological polar surface area (TPSA) is 47.6 Å². The highest BCUT2D eigenvalue weighted by molar-refractivity contribution is 5.93. The second kappa shape index (κ2) is 4.77. The molecule has 3 rings (SSSR count). The molecule has 0 fully saturated rings. The van der Waals surface area contributed by atoms with Gasteiger partial charge in [-0.3, -0.25) is 4.79 Å². The van der Waals surface area contributed by atoms with Gasteiger partial charge in [-0.15, -0.1) is 8.78 Å². The fourth-order valence-corrected chi connectivity index (χ4v) is 2.30. The Balaban J connectivity index is 1.70. The molecule has 0 aromatic heterocycles. The maximum Gasteiger partial charge on any atom is 0.586 e. The smallest absolute Gasteiger partial charge is 0.395 e. The molecule has 1 aliphatic carbocycles. The summed E-state index contributed by atoms with van der Waals surface area (Å²) in [5, 5.41) is 2.72. The van der Waals surface area contributed by atoms with Gasteiger partial charge in [0.1, 0.15) is 0 Å². The predicted molar refractivity (Wildman–Crippen MR) is 67.8 cm³/mol. The summed E-state index contributed by atoms with van der Waals surface area (Å²) < 4.78 is 34.4. The molecule has 1 heterocycles. The number of fused-ring (bicyclic) bond motifs is 1. The Morgan fingerprint density at radius 3 is 2.80 bits per heavy atom. The molecule has 0 saturated carbocycles. The molecule has 0 saturated heterocycles. The van der Waals surface area contributed by atoms with E-state index in [0.717, 1.165) is 12.8 Å². The molecule has 20 heavy (non-hydrogen) atoms. The van der Waals surface area contributed by atoms with Gasteiger partial charge in [0.05, 0.1) is 0 Å². The van der Waals surface area contributed by atoms with Crippen molar-refractivity contribution in [3.8, 4) is 11.5 Å². The zero-order valence-electron chi connectivity index (χ0n) is 10.6. The Labute approximate surface area is 114 Å². The predicted octanol–water partition coefficient (Wildman–Crippen LogP) is 3.30. The Morgan fingerprint density at radius 2 is 2.05 bits per heavy atom. The monoisotopic (exact) mass is 281 g/mol. The van der Waals surface area contributed by atoms with Crippen molar-refractivity contribution in [3.05, 3.63) is 30.4 Å². The van der Waals surface area contributed by atoms with E-state index < -0.39 is 6.29 Å². The van der Waals surface area contributed by atoms with Crippen LogP contribution in [-0.2, 0) is 4.79 Å². The van der Waals surface area contributed by atoms with Crippen LogP contribution in [0.2, 0.25) is 0 Å². The Morgan fingerprint density at radius 1 is 1.25 bits per heavy atom. The molecule has 0 unspecified atom stereocenters. The maximum absolute atomic E-state index is 12.9. The lowest BCUT2D eigenvalue weighted by Crippen LogP contribution is -2.26. The number of nitrogens with one attached hydrogen (secondary N) is 1. The van der Waals surface area contributed by atoms with E-state index in [2.05, 4.69) is 14.8 Å². The first-order chi connectivity index (χ1) is 9.53. The highest BCUT2D eigenvalue weighted by atomic mass is 19.3. The van der Waals surface area contributed by atoms with Gasteiger partial charge in [-0.25, -0.2) is 0 Å². The van der Waals surface area contributed by atoms with Crippen molar-refractivity contribution < 1.29 is 23.0 Å². The number of hydrogen-bond donors (Lipinski definition) is 1. The minimum atomic E-state index is -3.64. The van der Waals surface area contributed by atoms with Crippen LogP contribution in [0.15, 0.2) is 30.4 Å². The van der Waals surface area contributed by atoms with Crippen molar-refractivity contribution in [2.45, 2.75) is 25.6 Å². The lowest BCUT2D eigenvalue weighted by molar-refractivity contribution is -0.286. The molecule has 1 amide bonds. The van der Waals surface area contributed by atoms with Crippen LogP contribution >= 0.6 is 0 Å². The first-order valence-electron chi connectivity index (χ1n) is 6.39. The van der Waals surface area contributed by atoms with Crippen LogP contribution in [-0.4, -0.2) is 12.2 Å². The Bertz CT molecular complexity index is 572. The molecule has 1 aliphatic heterocycles. The van der Waals surface area contributed by atoms with Gasteiger partial charge in [0.15, 0.2) is 11.5 Å². The summed E-state index contributed by atoms with van der Waals surface area (Å²) in [5.74, 6) is -0.295. The number of rotatable bonds is 2. The molecule has 1 aromatic rings. The number of allylic oxidation sites excluding steroid dienone is 2. The van der Waals surface area contributed by atoms with E-state index in [1.165, 1.54) is 18.2 Å². The summed E-state index contributed by atoms with van der Waals surface area (Å²) >= 11 is 0. The minimum absolute atomic E-state index is 0.0337. The summed E-state index contributed by atoms with van der Waals surface area (Å²) in [5.41, 5.74) is 0.421. The number of carbonyl (C=O) groups excluding carboxylic acids is 1. The quantitative estimate of drug-likeness (QED) is 0.846. The first-order valence-corrected chi connectivity index (χ1v) is 6.39. The molecule has 1 aromatic carbocycles. The van der Waals surface area contributed by atoms with E-state index >= 15 is 0 Å². The molecule has 0 spiro atoms. The number of carbonyl (C=O) groups is 1. The number of halogens is 2. The molecule has 6 heteroatoms. The largest absolute Gasteiger partial charge is 0.586 e. The number of anilines is 1. The highest BCUT2D eigenvalue weighted by Crippen LogP contribution is 2.42. The van der Waals surface area contributed by atoms with Crippen molar-refractivity contribution in [2.24, 2.45) is 5.92 Å². The van der Waals surface area contributed by atoms with Gasteiger partial charge in [0.2, 0.25) is 5.91 Å². The van der Waals surface area contributed by atoms with Gasteiger partial charge in [0, 0.05) is 17.7 Å². The second-order valence-corrected chi connectivity index (χ2v) is 4.80. The molecule has 0 bridgehead atoms. The third-order valence-corrected chi connectivity index (χ3v) is 3.31. The van der Waals surface area contributed by atoms with E-state index in [1.807, 2.05) is 12.2 Å². The van der Waals surface area contributed by atoms with Crippen LogP contribution in [0.25, 0.3) is 0 Å². The maximum atomic E-state index is 12.9. The van der Waals surface area contributed by atoms with Crippen molar-refractivity contribution in [1.29, 1.82) is 0 Å². The van der Waals surface area contributed by atoms with Crippen LogP contribution in [0.1, 0.15) is 19.3 Å². The van der Waals surface area contributed by atoms with Gasteiger partial charge in [-0.2, -0.15) is 0 Å². The van der Waals surface area contributed by atoms with Gasteiger partial charge in [-0.1, -0.05) is 12.2 Å². The van der Waals surface area contributed by atoms with E-state index in [9.17, 15) is 13.6 Å². The average Bonchev–Trinajstić information content (AvgIpc) is 2.73. The lowest BCUT2D eigenvalue weighted by atomic mass is 9.93. The van der Waals surface area contributed by atoms with E-state index in [0.29, 0.717) is 12.1 Å². The normalized spacial score (nSPS) is 22.6. The van der Waals surface area contributed by atoms with Crippen molar-refractivity contribution in [3.63, 3.8) is 0 Å². The average molecular weight is 281 g/mol. The van der Waals surface area contributed by atoms with Crippen molar-refractivity contribution in [1.82, 2.24) is 0 Å². The Kier molecular flexibility index (Phi) is 3.08. The summed E-state index contributed by atoms with van der Waals surface area (Å²) in [4.78, 5) is 12.0. The zero-order valence-corrected chi connectivity index (χ0v) is 10.6. The van der Waals surface area contributed by atoms with Gasteiger partial charge < -0.3 is 14.8 Å². The number of benzene rings is 1. The van der Waals surface area contributed by atoms with Crippen molar-refractivity contribution >= 4 is 11.6 Å². The van der Waals surface area contributed by atoms with Crippen molar-refractivity contribution in [2.75, 3.05) is 5.32 Å². The summed E-state index contributed by atoms with van der Waals surface area (Å²) in [6, 6.07) is 4.21. The van der Waals surface area contributed by atoms with E-state index in [4.69, 9.17) is 0 Å². The first kappa shape index (κ1) is 12.9. The highest BCUT2D eigenvalue weighted by Gasteiger charge is 2.43. The van der Waals surface area contributed by atoms with Crippen LogP contribution < -0.4 is 14.8 Å². The molecule has 106 valence electrons. The van der Waals surface area contributed by atoms with Crippen LogP contribution in [0.4, 0.5) is 14.5 Å².